The normalized spacial score (nSPS) is 38.2. The summed E-state index contributed by atoms with van der Waals surface area (Å²) in [4.78, 5) is 70.4. The van der Waals surface area contributed by atoms with E-state index in [4.69, 9.17) is 33.2 Å². The summed E-state index contributed by atoms with van der Waals surface area (Å²) in [6.07, 6.45) is 12.6. The van der Waals surface area contributed by atoms with Crippen molar-refractivity contribution < 1.29 is 67.3 Å². The average Bonchev–Trinajstić information content (AvgIpc) is 3.32. The molecule has 1 amide bonds. The van der Waals surface area contributed by atoms with Crippen LogP contribution in [0.3, 0.4) is 0 Å². The summed E-state index contributed by atoms with van der Waals surface area (Å²) in [6, 6.07) is 0. The molecule has 1 saturated carbocycles. The number of Topliss-reactive ketones (excluding diaryl/α,β-unsaturated/α-hetero) is 2. The van der Waals surface area contributed by atoms with Crippen molar-refractivity contribution in [1.82, 2.24) is 4.90 Å². The zero-order valence-corrected chi connectivity index (χ0v) is 42.5. The average molecular weight is 958 g/mol. The van der Waals surface area contributed by atoms with Crippen LogP contribution in [-0.2, 0) is 52.3 Å². The Morgan fingerprint density at radius 3 is 2.32 bits per heavy atom. The number of nitrogens with zero attached hydrogens (tertiary/aromatic N) is 1. The molecule has 384 valence electrons. The molecule has 1 aliphatic carbocycles. The van der Waals surface area contributed by atoms with E-state index in [0.29, 0.717) is 69.8 Å². The third-order valence-corrected chi connectivity index (χ3v) is 14.8. The van der Waals surface area contributed by atoms with Gasteiger partial charge in [0.05, 0.1) is 43.5 Å². The highest BCUT2D eigenvalue weighted by Crippen LogP contribution is 2.38. The van der Waals surface area contributed by atoms with Gasteiger partial charge in [-0.1, -0.05) is 71.1 Å². The second-order valence-electron chi connectivity index (χ2n) is 20.1. The zero-order chi connectivity index (χ0) is 50.1. The summed E-state index contributed by atoms with van der Waals surface area (Å²) in [5.74, 6) is -5.14. The third-order valence-electron chi connectivity index (χ3n) is 14.8. The van der Waals surface area contributed by atoms with E-state index in [1.54, 1.807) is 34.1 Å². The van der Waals surface area contributed by atoms with Gasteiger partial charge < -0.3 is 48.3 Å². The Bertz CT molecular complexity index is 1780. The molecule has 0 aromatic rings. The van der Waals surface area contributed by atoms with Crippen molar-refractivity contribution >= 4 is 29.9 Å². The first-order valence-corrected chi connectivity index (χ1v) is 25.0. The van der Waals surface area contributed by atoms with Gasteiger partial charge in [0.2, 0.25) is 0 Å². The molecule has 0 radical (unpaired) electrons. The molecule has 15 heteroatoms. The number of ketones is 2. The first-order chi connectivity index (χ1) is 32.4. The van der Waals surface area contributed by atoms with E-state index < -0.39 is 65.9 Å². The van der Waals surface area contributed by atoms with E-state index in [1.807, 2.05) is 65.0 Å². The molecule has 3 aliphatic heterocycles. The Hall–Kier alpha value is -3.57. The number of methoxy groups -OCH3 is 3. The third kappa shape index (κ3) is 16.0. The number of allylic oxidation sites excluding steroid dienone is 6. The number of hydrogen-bond acceptors (Lipinski definition) is 14. The van der Waals surface area contributed by atoms with Crippen molar-refractivity contribution in [2.45, 2.75) is 168 Å². The second kappa shape index (κ2) is 27.7. The molecule has 4 bridgehead atoms. The van der Waals surface area contributed by atoms with Crippen molar-refractivity contribution in [3.8, 4) is 0 Å². The lowest BCUT2D eigenvalue weighted by molar-refractivity contribution is -0.259. The molecule has 15 nitrogen and oxygen atoms in total. The lowest BCUT2D eigenvalue weighted by Gasteiger charge is -2.43. The quantitative estimate of drug-likeness (QED) is 0.126. The minimum absolute atomic E-state index is 0.00157. The Morgan fingerprint density at radius 1 is 0.897 bits per heavy atom. The van der Waals surface area contributed by atoms with Crippen LogP contribution in [0.1, 0.15) is 119 Å². The summed E-state index contributed by atoms with van der Waals surface area (Å²) in [7, 11) is 4.65. The van der Waals surface area contributed by atoms with Crippen molar-refractivity contribution in [2.24, 2.45) is 41.4 Å². The van der Waals surface area contributed by atoms with Crippen LogP contribution in [0.25, 0.3) is 0 Å². The van der Waals surface area contributed by atoms with Gasteiger partial charge in [-0.3, -0.25) is 19.2 Å². The Balaban J connectivity index is 1.65. The van der Waals surface area contributed by atoms with Crippen molar-refractivity contribution in [3.05, 3.63) is 47.6 Å². The van der Waals surface area contributed by atoms with Gasteiger partial charge in [-0.05, 0) is 101 Å². The van der Waals surface area contributed by atoms with Gasteiger partial charge in [0.1, 0.15) is 24.1 Å². The van der Waals surface area contributed by atoms with Crippen LogP contribution in [0.2, 0.25) is 0 Å². The van der Waals surface area contributed by atoms with Crippen LogP contribution in [0.15, 0.2) is 47.6 Å². The number of rotatable bonds is 10. The first-order valence-electron chi connectivity index (χ1n) is 25.0. The maximum Gasteiger partial charge on any atom is 0.412 e. The van der Waals surface area contributed by atoms with Gasteiger partial charge in [-0.2, -0.15) is 0 Å². The molecule has 2 saturated heterocycles. The predicted molar refractivity (Wildman–Crippen MR) is 256 cm³/mol. The molecule has 2 unspecified atom stereocenters. The minimum Gasteiger partial charge on any atom is -0.461 e. The van der Waals surface area contributed by atoms with E-state index in [0.717, 1.165) is 18.4 Å². The van der Waals surface area contributed by atoms with E-state index in [9.17, 15) is 34.2 Å². The molecule has 3 fully saturated rings. The maximum atomic E-state index is 14.2. The van der Waals surface area contributed by atoms with Crippen molar-refractivity contribution in [2.75, 3.05) is 47.6 Å². The van der Waals surface area contributed by atoms with Gasteiger partial charge in [0.25, 0.3) is 5.79 Å². The number of fused-ring (bicyclic) bond motifs is 4. The standard InChI is InChI=1S/C53H83NO14/c1-33-15-12-11-13-16-34(2)45(62-8)29-42-20-18-39(7)53(32-56,67-42)68-52(61)54-22-14-17-41(31-54)51(60)66-46(36(4)27-40-19-21-44(65-24-23-55)47(28-40)63-9)30-43(57)35(3)26-38(6)49(59)50(64-10)48(58)37(5)25-33/h11-13,15-16,26,32-33,35-37,39-42,44-47,49-50,55,59H,14,17-25,27-31H2,1-10H3/b13-11+,15-12+,34-16?,38-26+/t33-,35-,36-,37-,39-,40?,41?,42+,44-,45+,46+,47-,49-,50+,53-/m1/s1. The van der Waals surface area contributed by atoms with Crippen LogP contribution < -0.4 is 0 Å². The van der Waals surface area contributed by atoms with E-state index in [-0.39, 0.29) is 73.8 Å². The monoisotopic (exact) mass is 958 g/mol. The highest BCUT2D eigenvalue weighted by molar-refractivity contribution is 5.86. The number of aliphatic hydroxyl groups excluding tert-OH is 2. The fourth-order valence-corrected chi connectivity index (χ4v) is 10.4. The van der Waals surface area contributed by atoms with Gasteiger partial charge >= 0.3 is 12.1 Å². The molecular formula is C53H83NO14. The molecule has 3 heterocycles. The van der Waals surface area contributed by atoms with Crippen LogP contribution in [0.5, 0.6) is 0 Å². The second-order valence-corrected chi connectivity index (χ2v) is 20.1. The number of esters is 1. The number of aldehydes is 1. The van der Waals surface area contributed by atoms with Crippen LogP contribution in [-0.4, -0.2) is 141 Å². The number of hydrogen-bond donors (Lipinski definition) is 2. The number of piperidine rings is 1. The Labute approximate surface area is 405 Å². The largest absolute Gasteiger partial charge is 0.461 e. The zero-order valence-electron chi connectivity index (χ0n) is 42.5. The molecule has 0 spiro atoms. The fraction of sp³-hybridized carbons (Fsp3) is 0.755. The number of amides is 1. The molecule has 15 atom stereocenters. The van der Waals surface area contributed by atoms with Gasteiger partial charge in [-0.15, -0.1) is 0 Å². The summed E-state index contributed by atoms with van der Waals surface area (Å²) >= 11 is 0. The fourth-order valence-electron chi connectivity index (χ4n) is 10.4. The number of carbonyl (C=O) groups excluding carboxylic acids is 5. The smallest absolute Gasteiger partial charge is 0.412 e. The lowest BCUT2D eigenvalue weighted by atomic mass is 9.78. The number of aliphatic hydroxyl groups is 2. The minimum atomic E-state index is -1.83. The van der Waals surface area contributed by atoms with E-state index >= 15 is 0 Å². The molecule has 4 aliphatic rings. The van der Waals surface area contributed by atoms with Crippen molar-refractivity contribution in [1.29, 1.82) is 0 Å². The number of ether oxygens (including phenoxy) is 7. The summed E-state index contributed by atoms with van der Waals surface area (Å²) in [5, 5.41) is 20.8. The predicted octanol–water partition coefficient (Wildman–Crippen LogP) is 7.30. The highest BCUT2D eigenvalue weighted by Gasteiger charge is 2.49. The first kappa shape index (κ1) is 57.0. The molecule has 0 aromatic carbocycles. The lowest BCUT2D eigenvalue weighted by Crippen LogP contribution is -2.55. The molecule has 0 aromatic heterocycles. The topological polar surface area (TPSA) is 194 Å². The summed E-state index contributed by atoms with van der Waals surface area (Å²) < 4.78 is 41.8. The molecule has 4 rings (SSSR count). The van der Waals surface area contributed by atoms with Crippen LogP contribution in [0.4, 0.5) is 4.79 Å². The molecule has 68 heavy (non-hydrogen) atoms. The van der Waals surface area contributed by atoms with Crippen molar-refractivity contribution in [3.63, 3.8) is 0 Å². The number of cyclic esters (lactones) is 1. The molecular weight excluding hydrogens is 875 g/mol. The van der Waals surface area contributed by atoms with Gasteiger partial charge in [0.15, 0.2) is 12.1 Å². The van der Waals surface area contributed by atoms with Crippen LogP contribution >= 0.6 is 0 Å². The van der Waals surface area contributed by atoms with E-state index in [1.165, 1.54) is 12.0 Å². The van der Waals surface area contributed by atoms with Crippen LogP contribution in [0, 0.1) is 41.4 Å². The Kier molecular flexibility index (Phi) is 23.2. The highest BCUT2D eigenvalue weighted by atomic mass is 16.7. The summed E-state index contributed by atoms with van der Waals surface area (Å²) in [5.41, 5.74) is 1.35. The maximum absolute atomic E-state index is 14.2. The van der Waals surface area contributed by atoms with Gasteiger partial charge in [-0.25, -0.2) is 4.79 Å². The summed E-state index contributed by atoms with van der Waals surface area (Å²) in [6.45, 7) is 13.4. The van der Waals surface area contributed by atoms with Gasteiger partial charge in [0, 0.05) is 65.0 Å². The number of carbonyl (C=O) groups is 5. The molecule has 2 N–H and O–H groups in total. The van der Waals surface area contributed by atoms with E-state index in [2.05, 4.69) is 0 Å². The SMILES string of the molecule is CO[C@H]1C[C@@H]2CC[C@@H](C)[C@@](C=O)(OC(=O)N3CCCC(C3)C(=O)O[C@H]([C@H](C)CC3CC[C@@H](OCCO)[C@H](OC)C3)CC(=O)[C@H](C)/C=C(\C)[C@@H](O)[C@@H](OC)C(=O)[C@H](C)C[C@H](C)/C=C/C=C/C=C1C)O2. The Morgan fingerprint density at radius 2 is 1.65 bits per heavy atom.